The third-order valence-corrected chi connectivity index (χ3v) is 2.45. The smallest absolute Gasteiger partial charge is 0.331 e. The maximum absolute atomic E-state index is 11.1. The molecule has 0 unspecified atom stereocenters. The number of benzene rings is 1. The average molecular weight is 250 g/mol. The Kier molecular flexibility index (Phi) is 5.94. The molecule has 0 spiro atoms. The normalized spacial score (nSPS) is 11.3. The first-order valence-electron chi connectivity index (χ1n) is 5.83. The molecule has 0 fully saturated rings. The van der Waals surface area contributed by atoms with E-state index in [0.29, 0.717) is 25.2 Å². The quantitative estimate of drug-likeness (QED) is 0.597. The molecule has 4 heteroatoms. The van der Waals surface area contributed by atoms with Crippen LogP contribution in [0.2, 0.25) is 0 Å². The highest BCUT2D eigenvalue weighted by molar-refractivity contribution is 5.92. The number of carbonyl (C=O) groups is 1. The Morgan fingerprint density at radius 1 is 1.33 bits per heavy atom. The van der Waals surface area contributed by atoms with E-state index in [-0.39, 0.29) is 0 Å². The van der Waals surface area contributed by atoms with E-state index in [1.54, 1.807) is 25.3 Å². The Hall–Kier alpha value is -1.81. The molecule has 18 heavy (non-hydrogen) atoms. The van der Waals surface area contributed by atoms with Crippen LogP contribution in [-0.4, -0.2) is 31.4 Å². The fraction of sp³-hybridized carbons (Fsp3) is 0.357. The van der Waals surface area contributed by atoms with Gasteiger partial charge in [0.25, 0.3) is 0 Å². The minimum absolute atomic E-state index is 0.341. The zero-order valence-corrected chi connectivity index (χ0v) is 10.7. The number of carboxylic acid groups (broad SMARTS) is 1. The number of carboxylic acids is 1. The van der Waals surface area contributed by atoms with E-state index >= 15 is 0 Å². The lowest BCUT2D eigenvalue weighted by Crippen LogP contribution is -2.04. The highest BCUT2D eigenvalue weighted by atomic mass is 16.5. The van der Waals surface area contributed by atoms with Crippen LogP contribution in [0.1, 0.15) is 18.9 Å². The van der Waals surface area contributed by atoms with Crippen molar-refractivity contribution in [2.45, 2.75) is 13.3 Å². The summed E-state index contributed by atoms with van der Waals surface area (Å²) in [6.45, 7) is 2.90. The molecule has 0 heterocycles. The second-order valence-corrected chi connectivity index (χ2v) is 3.69. The van der Waals surface area contributed by atoms with Crippen LogP contribution in [-0.2, 0) is 9.53 Å². The van der Waals surface area contributed by atoms with Crippen molar-refractivity contribution in [1.29, 1.82) is 0 Å². The first-order chi connectivity index (χ1) is 8.67. The third kappa shape index (κ3) is 4.59. The molecule has 0 radical (unpaired) electrons. The zero-order chi connectivity index (χ0) is 13.4. The summed E-state index contributed by atoms with van der Waals surface area (Å²) >= 11 is 0. The minimum atomic E-state index is -0.912. The largest absolute Gasteiger partial charge is 0.497 e. The van der Waals surface area contributed by atoms with Crippen LogP contribution in [0, 0.1) is 0 Å². The molecule has 0 aliphatic carbocycles. The molecule has 0 atom stereocenters. The van der Waals surface area contributed by atoms with Crippen LogP contribution < -0.4 is 4.74 Å². The minimum Gasteiger partial charge on any atom is -0.497 e. The van der Waals surface area contributed by atoms with Crippen LogP contribution >= 0.6 is 0 Å². The lowest BCUT2D eigenvalue weighted by molar-refractivity contribution is -0.132. The Bertz CT molecular complexity index is 406. The highest BCUT2D eigenvalue weighted by Crippen LogP contribution is 2.15. The first-order valence-corrected chi connectivity index (χ1v) is 5.83. The summed E-state index contributed by atoms with van der Waals surface area (Å²) in [5.74, 6) is -0.163. The molecule has 98 valence electrons. The molecule has 0 amide bonds. The van der Waals surface area contributed by atoms with Crippen molar-refractivity contribution < 1.29 is 19.4 Å². The van der Waals surface area contributed by atoms with Gasteiger partial charge in [0.2, 0.25) is 0 Å². The number of hydrogen-bond donors (Lipinski definition) is 1. The van der Waals surface area contributed by atoms with Crippen molar-refractivity contribution >= 4 is 12.0 Å². The predicted octanol–water partition coefficient (Wildman–Crippen LogP) is 2.59. The van der Waals surface area contributed by atoms with Crippen LogP contribution in [0.3, 0.4) is 0 Å². The van der Waals surface area contributed by atoms with Gasteiger partial charge >= 0.3 is 5.97 Å². The monoisotopic (exact) mass is 250 g/mol. The summed E-state index contributed by atoms with van der Waals surface area (Å²) in [6.07, 6.45) is 2.05. The van der Waals surface area contributed by atoms with E-state index in [4.69, 9.17) is 14.6 Å². The van der Waals surface area contributed by atoms with Gasteiger partial charge in [0.15, 0.2) is 0 Å². The molecular weight excluding hydrogens is 232 g/mol. The van der Waals surface area contributed by atoms with Crippen LogP contribution in [0.25, 0.3) is 6.08 Å². The van der Waals surface area contributed by atoms with Crippen LogP contribution in [0.4, 0.5) is 0 Å². The maximum Gasteiger partial charge on any atom is 0.331 e. The molecule has 1 N–H and O–H groups in total. The predicted molar refractivity (Wildman–Crippen MR) is 69.7 cm³/mol. The fourth-order valence-corrected chi connectivity index (χ4v) is 1.47. The van der Waals surface area contributed by atoms with E-state index in [9.17, 15) is 4.79 Å². The summed E-state index contributed by atoms with van der Waals surface area (Å²) in [5.41, 5.74) is 1.18. The molecule has 4 nitrogen and oxygen atoms in total. The van der Waals surface area contributed by atoms with Gasteiger partial charge in [-0.25, -0.2) is 4.79 Å². The van der Waals surface area contributed by atoms with Crippen molar-refractivity contribution in [3.63, 3.8) is 0 Å². The van der Waals surface area contributed by atoms with Crippen molar-refractivity contribution in [2.24, 2.45) is 0 Å². The lowest BCUT2D eigenvalue weighted by Gasteiger charge is -2.04. The number of rotatable bonds is 7. The number of methoxy groups -OCH3 is 1. The summed E-state index contributed by atoms with van der Waals surface area (Å²) in [4.78, 5) is 11.1. The van der Waals surface area contributed by atoms with Crippen molar-refractivity contribution in [3.8, 4) is 5.75 Å². The summed E-state index contributed by atoms with van der Waals surface area (Å²) in [6, 6.07) is 7.24. The Morgan fingerprint density at radius 2 is 2.00 bits per heavy atom. The molecule has 0 aliphatic heterocycles. The zero-order valence-electron chi connectivity index (χ0n) is 10.7. The highest BCUT2D eigenvalue weighted by Gasteiger charge is 2.07. The van der Waals surface area contributed by atoms with Gasteiger partial charge in [-0.1, -0.05) is 12.1 Å². The molecule has 0 saturated heterocycles. The first kappa shape index (κ1) is 14.3. The maximum atomic E-state index is 11.1. The van der Waals surface area contributed by atoms with Crippen molar-refractivity contribution in [3.05, 3.63) is 35.4 Å². The Labute approximate surface area is 107 Å². The molecular formula is C14H18O4. The van der Waals surface area contributed by atoms with Crippen molar-refractivity contribution in [1.82, 2.24) is 0 Å². The van der Waals surface area contributed by atoms with Gasteiger partial charge < -0.3 is 14.6 Å². The van der Waals surface area contributed by atoms with Crippen LogP contribution in [0.15, 0.2) is 29.8 Å². The third-order valence-electron chi connectivity index (χ3n) is 2.45. The van der Waals surface area contributed by atoms with Gasteiger partial charge in [-0.3, -0.25) is 0 Å². The average Bonchev–Trinajstić information content (AvgIpc) is 2.38. The SMILES string of the molecule is CCOCCC(=Cc1ccc(OC)cc1)C(=O)O. The standard InChI is InChI=1S/C14H18O4/c1-3-18-9-8-12(14(15)16)10-11-4-6-13(17-2)7-5-11/h4-7,10H,3,8-9H2,1-2H3,(H,15,16). The molecule has 1 aromatic rings. The molecule has 0 saturated carbocycles. The Balaban J connectivity index is 2.76. The Morgan fingerprint density at radius 3 is 2.50 bits per heavy atom. The van der Waals surface area contributed by atoms with E-state index in [0.717, 1.165) is 11.3 Å². The van der Waals surface area contributed by atoms with E-state index < -0.39 is 5.97 Å². The molecule has 1 rings (SSSR count). The summed E-state index contributed by atoms with van der Waals surface area (Å²) in [5, 5.41) is 9.09. The molecule has 0 aliphatic rings. The van der Waals surface area contributed by atoms with Gasteiger partial charge in [0.05, 0.1) is 13.7 Å². The molecule has 1 aromatic carbocycles. The molecule has 0 bridgehead atoms. The summed E-state index contributed by atoms with van der Waals surface area (Å²) < 4.78 is 10.2. The summed E-state index contributed by atoms with van der Waals surface area (Å²) in [7, 11) is 1.59. The second-order valence-electron chi connectivity index (χ2n) is 3.69. The van der Waals surface area contributed by atoms with Gasteiger partial charge in [0, 0.05) is 18.6 Å². The van der Waals surface area contributed by atoms with Crippen molar-refractivity contribution in [2.75, 3.05) is 20.3 Å². The van der Waals surface area contributed by atoms with Gasteiger partial charge in [-0.2, -0.15) is 0 Å². The number of hydrogen-bond acceptors (Lipinski definition) is 3. The topological polar surface area (TPSA) is 55.8 Å². The van der Waals surface area contributed by atoms with E-state index in [1.165, 1.54) is 0 Å². The van der Waals surface area contributed by atoms with Crippen LogP contribution in [0.5, 0.6) is 5.75 Å². The van der Waals surface area contributed by atoms with Gasteiger partial charge in [-0.05, 0) is 30.7 Å². The number of aliphatic carboxylic acids is 1. The lowest BCUT2D eigenvalue weighted by atomic mass is 10.1. The van der Waals surface area contributed by atoms with E-state index in [2.05, 4.69) is 0 Å². The van der Waals surface area contributed by atoms with Gasteiger partial charge in [-0.15, -0.1) is 0 Å². The van der Waals surface area contributed by atoms with E-state index in [1.807, 2.05) is 19.1 Å². The second kappa shape index (κ2) is 7.50. The molecule has 0 aromatic heterocycles. The van der Waals surface area contributed by atoms with Gasteiger partial charge in [0.1, 0.15) is 5.75 Å². The fourth-order valence-electron chi connectivity index (χ4n) is 1.47. The number of ether oxygens (including phenoxy) is 2.